The normalized spacial score (nSPS) is 14.2. The number of carbonyl (C=O) groups is 2. The van der Waals surface area contributed by atoms with Gasteiger partial charge in [0.2, 0.25) is 5.91 Å². The summed E-state index contributed by atoms with van der Waals surface area (Å²) in [6, 6.07) is 3.40. The Labute approximate surface area is 162 Å². The number of amides is 1. The second-order valence-electron chi connectivity index (χ2n) is 6.09. The van der Waals surface area contributed by atoms with Gasteiger partial charge in [0.25, 0.3) is 0 Å². The molecule has 2 N–H and O–H groups in total. The van der Waals surface area contributed by atoms with E-state index in [4.69, 9.17) is 16.3 Å². The molecule has 146 valence electrons. The largest absolute Gasteiger partial charge is 0.388 e. The van der Waals surface area contributed by atoms with Gasteiger partial charge in [0.05, 0.1) is 11.0 Å². The lowest BCUT2D eigenvalue weighted by molar-refractivity contribution is -0.127. The molecule has 0 bridgehead atoms. The van der Waals surface area contributed by atoms with Crippen LogP contribution in [0.5, 0.6) is 0 Å². The van der Waals surface area contributed by atoms with E-state index in [0.29, 0.717) is 42.7 Å². The van der Waals surface area contributed by atoms with Crippen molar-refractivity contribution in [2.24, 2.45) is 5.92 Å². The van der Waals surface area contributed by atoms with Gasteiger partial charge in [0, 0.05) is 38.9 Å². The van der Waals surface area contributed by atoms with Gasteiger partial charge in [-0.1, -0.05) is 11.6 Å². The highest BCUT2D eigenvalue weighted by Crippen LogP contribution is 2.23. The lowest BCUT2D eigenvalue weighted by atomic mass is 10.00. The zero-order chi connectivity index (χ0) is 19.8. The van der Waals surface area contributed by atoms with Gasteiger partial charge in [-0.25, -0.2) is 9.97 Å². The molecule has 1 amide bonds. The standard InChI is InChI=1S/C16H17ClN4O3.C2H6O/c1-9-6-12-13(7-11(9)8-22)18-14(17)15(19-12)20-21-16(23)10-2-4-24-5-3-10;1-3-2/h6-8,10H,2-5H2,1H3,(H,19,20)(H,21,23);1-2H3. The molecule has 3 rings (SSSR count). The maximum Gasteiger partial charge on any atom is 0.241 e. The van der Waals surface area contributed by atoms with Gasteiger partial charge in [0.15, 0.2) is 11.0 Å². The number of carbonyl (C=O) groups excluding carboxylic acids is 2. The van der Waals surface area contributed by atoms with E-state index in [2.05, 4.69) is 25.6 Å². The van der Waals surface area contributed by atoms with Crippen molar-refractivity contribution in [3.05, 3.63) is 28.4 Å². The molecule has 8 nitrogen and oxygen atoms in total. The third kappa shape index (κ3) is 5.59. The molecule has 27 heavy (non-hydrogen) atoms. The first-order valence-corrected chi connectivity index (χ1v) is 8.84. The second kappa shape index (κ2) is 10.1. The highest BCUT2D eigenvalue weighted by atomic mass is 35.5. The second-order valence-corrected chi connectivity index (χ2v) is 6.45. The number of nitrogens with one attached hydrogen (secondary N) is 2. The van der Waals surface area contributed by atoms with Gasteiger partial charge in [-0.15, -0.1) is 0 Å². The Morgan fingerprint density at radius 2 is 1.89 bits per heavy atom. The Hall–Kier alpha value is -2.29. The molecule has 2 heterocycles. The van der Waals surface area contributed by atoms with Crippen LogP contribution in [0.4, 0.5) is 5.82 Å². The van der Waals surface area contributed by atoms with Crippen LogP contribution in [0, 0.1) is 12.8 Å². The summed E-state index contributed by atoms with van der Waals surface area (Å²) in [6.07, 6.45) is 2.15. The monoisotopic (exact) mass is 394 g/mol. The summed E-state index contributed by atoms with van der Waals surface area (Å²) >= 11 is 6.11. The number of fused-ring (bicyclic) bond motifs is 1. The summed E-state index contributed by atoms with van der Waals surface area (Å²) in [5.41, 5.74) is 7.81. The zero-order valence-corrected chi connectivity index (χ0v) is 16.3. The predicted molar refractivity (Wildman–Crippen MR) is 103 cm³/mol. The first-order chi connectivity index (χ1) is 13.0. The Balaban J connectivity index is 0.000000817. The van der Waals surface area contributed by atoms with Crippen molar-refractivity contribution >= 4 is 40.6 Å². The van der Waals surface area contributed by atoms with Crippen LogP contribution in [0.15, 0.2) is 12.1 Å². The van der Waals surface area contributed by atoms with Crippen molar-refractivity contribution in [1.82, 2.24) is 15.4 Å². The van der Waals surface area contributed by atoms with Crippen LogP contribution in [-0.4, -0.2) is 49.6 Å². The van der Waals surface area contributed by atoms with Crippen molar-refractivity contribution in [3.8, 4) is 0 Å². The lowest BCUT2D eigenvalue weighted by Crippen LogP contribution is -2.37. The first-order valence-electron chi connectivity index (χ1n) is 8.47. The van der Waals surface area contributed by atoms with Gasteiger partial charge in [-0.05, 0) is 37.5 Å². The lowest BCUT2D eigenvalue weighted by Gasteiger charge is -2.21. The number of hydrazine groups is 1. The molecule has 2 aromatic rings. The fraction of sp³-hybridized carbons (Fsp3) is 0.444. The smallest absolute Gasteiger partial charge is 0.241 e. The van der Waals surface area contributed by atoms with Crippen molar-refractivity contribution in [3.63, 3.8) is 0 Å². The van der Waals surface area contributed by atoms with E-state index in [0.717, 1.165) is 11.8 Å². The van der Waals surface area contributed by atoms with Crippen LogP contribution in [0.3, 0.4) is 0 Å². The van der Waals surface area contributed by atoms with Gasteiger partial charge >= 0.3 is 0 Å². The Kier molecular flexibility index (Phi) is 7.90. The molecular formula is C18H23ClN4O4. The van der Waals surface area contributed by atoms with Gasteiger partial charge < -0.3 is 9.47 Å². The number of benzene rings is 1. The SMILES string of the molecule is COC.Cc1cc2nc(NNC(=O)C3CCOCC3)c(Cl)nc2cc1C=O. The predicted octanol–water partition coefficient (Wildman–Crippen LogP) is 2.54. The molecule has 1 aromatic carbocycles. The average molecular weight is 395 g/mol. The molecule has 1 aromatic heterocycles. The molecule has 1 aliphatic heterocycles. The number of nitrogens with zero attached hydrogens (tertiary/aromatic N) is 2. The maximum absolute atomic E-state index is 12.1. The molecule has 9 heteroatoms. The quantitative estimate of drug-likeness (QED) is 0.606. The number of ether oxygens (including phenoxy) is 2. The van der Waals surface area contributed by atoms with E-state index in [1.165, 1.54) is 0 Å². The molecular weight excluding hydrogens is 372 g/mol. The molecule has 0 atom stereocenters. The number of hydrogen-bond acceptors (Lipinski definition) is 7. The van der Waals surface area contributed by atoms with E-state index in [1.807, 2.05) is 6.92 Å². The van der Waals surface area contributed by atoms with E-state index in [1.54, 1.807) is 26.4 Å². The number of methoxy groups -OCH3 is 1. The maximum atomic E-state index is 12.1. The Bertz CT molecular complexity index is 810. The topological polar surface area (TPSA) is 102 Å². The highest BCUT2D eigenvalue weighted by molar-refractivity contribution is 6.32. The summed E-state index contributed by atoms with van der Waals surface area (Å²) in [5.74, 6) is 0.0578. The minimum atomic E-state index is -0.122. The number of rotatable bonds is 4. The fourth-order valence-electron chi connectivity index (χ4n) is 2.59. The molecule has 0 radical (unpaired) electrons. The van der Waals surface area contributed by atoms with Crippen molar-refractivity contribution in [1.29, 1.82) is 0 Å². The van der Waals surface area contributed by atoms with Crippen LogP contribution >= 0.6 is 11.6 Å². The molecule has 1 fully saturated rings. The summed E-state index contributed by atoms with van der Waals surface area (Å²) in [6.45, 7) is 3.00. The van der Waals surface area contributed by atoms with E-state index in [-0.39, 0.29) is 22.8 Å². The fourth-order valence-corrected chi connectivity index (χ4v) is 2.77. The van der Waals surface area contributed by atoms with E-state index < -0.39 is 0 Å². The zero-order valence-electron chi connectivity index (χ0n) is 15.5. The van der Waals surface area contributed by atoms with Crippen molar-refractivity contribution < 1.29 is 19.1 Å². The molecule has 0 aliphatic carbocycles. The van der Waals surface area contributed by atoms with Crippen LogP contribution < -0.4 is 10.9 Å². The molecule has 0 saturated carbocycles. The van der Waals surface area contributed by atoms with Crippen molar-refractivity contribution in [2.75, 3.05) is 32.9 Å². The van der Waals surface area contributed by atoms with Gasteiger partial charge in [-0.3, -0.25) is 20.4 Å². The molecule has 0 spiro atoms. The Morgan fingerprint density at radius 3 is 2.52 bits per heavy atom. The van der Waals surface area contributed by atoms with Crippen LogP contribution in [0.25, 0.3) is 11.0 Å². The van der Waals surface area contributed by atoms with Crippen LogP contribution in [0.1, 0.15) is 28.8 Å². The van der Waals surface area contributed by atoms with Gasteiger partial charge in [0.1, 0.15) is 6.29 Å². The number of aryl methyl sites for hydroxylation is 1. The highest BCUT2D eigenvalue weighted by Gasteiger charge is 2.21. The third-order valence-corrected chi connectivity index (χ3v) is 4.30. The van der Waals surface area contributed by atoms with E-state index >= 15 is 0 Å². The number of aldehydes is 1. The van der Waals surface area contributed by atoms with Gasteiger partial charge in [-0.2, -0.15) is 0 Å². The molecule has 1 saturated heterocycles. The number of aromatic nitrogens is 2. The summed E-state index contributed by atoms with van der Waals surface area (Å²) in [7, 11) is 3.25. The minimum absolute atomic E-state index is 0.0872. The summed E-state index contributed by atoms with van der Waals surface area (Å²) in [5, 5.41) is 0.121. The van der Waals surface area contributed by atoms with Crippen LogP contribution in [0.2, 0.25) is 5.15 Å². The number of hydrogen-bond donors (Lipinski definition) is 2. The van der Waals surface area contributed by atoms with E-state index in [9.17, 15) is 9.59 Å². The number of anilines is 1. The third-order valence-electron chi connectivity index (χ3n) is 4.03. The minimum Gasteiger partial charge on any atom is -0.388 e. The molecule has 1 aliphatic rings. The summed E-state index contributed by atoms with van der Waals surface area (Å²) in [4.78, 5) is 31.7. The summed E-state index contributed by atoms with van der Waals surface area (Å²) < 4.78 is 9.49. The first kappa shape index (κ1) is 21.0. The average Bonchev–Trinajstić information content (AvgIpc) is 2.67. The van der Waals surface area contributed by atoms with Crippen LogP contribution in [-0.2, 0) is 14.3 Å². The van der Waals surface area contributed by atoms with Crippen molar-refractivity contribution in [2.45, 2.75) is 19.8 Å². The number of halogens is 1. The molecule has 0 unspecified atom stereocenters. The Morgan fingerprint density at radius 1 is 1.26 bits per heavy atom.